The average molecular weight is 1090 g/mol. The van der Waals surface area contributed by atoms with Crippen molar-refractivity contribution in [1.29, 1.82) is 0 Å². The van der Waals surface area contributed by atoms with Crippen molar-refractivity contribution >= 4 is 81.9 Å². The van der Waals surface area contributed by atoms with Crippen molar-refractivity contribution in [3.05, 3.63) is 83.7 Å². The second kappa shape index (κ2) is 27.9. The van der Waals surface area contributed by atoms with Gasteiger partial charge in [0.25, 0.3) is 0 Å². The minimum Gasteiger partial charge on any atom is -0.370 e. The van der Waals surface area contributed by atoms with Crippen LogP contribution in [0, 0.1) is 0 Å². The van der Waals surface area contributed by atoms with Crippen molar-refractivity contribution in [2.24, 2.45) is 21.5 Å². The van der Waals surface area contributed by atoms with Gasteiger partial charge in [0.05, 0.1) is 6.04 Å². The van der Waals surface area contributed by atoms with E-state index < -0.39 is 108 Å². The van der Waals surface area contributed by atoms with Crippen LogP contribution in [0.2, 0.25) is 0 Å². The molecule has 7 rings (SSSR count). The molecule has 11 N–H and O–H groups in total. The lowest BCUT2D eigenvalue weighted by Crippen LogP contribution is -2.61. The number of fused-ring (bicyclic) bond motifs is 1. The molecule has 0 saturated carbocycles. The number of aliphatic imine (C=N–C) groups is 2. The number of benzene rings is 2. The number of carbonyl (C=O) groups excluding carboxylic acids is 10. The third-order valence-corrected chi connectivity index (χ3v) is 14.8. The number of aromatic nitrogens is 1. The number of allylic oxidation sites excluding steroid dienone is 1. The molecule has 0 bridgehead atoms. The van der Waals surface area contributed by atoms with Gasteiger partial charge in [-0.2, -0.15) is 0 Å². The molecular weight excluding hydrogens is 1010 g/mol. The van der Waals surface area contributed by atoms with E-state index >= 15 is 4.79 Å². The molecule has 0 aliphatic carbocycles. The highest BCUT2D eigenvalue weighted by atomic mass is 16.2. The average Bonchev–Trinajstić information content (AvgIpc) is 4.31. The molecule has 23 nitrogen and oxygen atoms in total. The molecule has 23 heteroatoms. The number of carbonyl (C=O) groups is 10. The summed E-state index contributed by atoms with van der Waals surface area (Å²) in [6, 6.07) is 6.39. The first-order valence-corrected chi connectivity index (χ1v) is 27.2. The Labute approximate surface area is 458 Å². The summed E-state index contributed by atoms with van der Waals surface area (Å²) in [4.78, 5) is 156. The van der Waals surface area contributed by atoms with Gasteiger partial charge in [-0.25, -0.2) is 0 Å². The Bertz CT molecular complexity index is 2840. The first-order valence-electron chi connectivity index (χ1n) is 27.2. The number of ketones is 2. The largest absolute Gasteiger partial charge is 0.370 e. The van der Waals surface area contributed by atoms with Gasteiger partial charge in [-0.15, -0.1) is 0 Å². The van der Waals surface area contributed by atoms with Crippen molar-refractivity contribution < 1.29 is 47.9 Å². The predicted octanol–water partition coefficient (Wildman–Crippen LogP) is 0.788. The molecule has 8 atom stereocenters. The fourth-order valence-electron chi connectivity index (χ4n) is 10.7. The van der Waals surface area contributed by atoms with Crippen LogP contribution in [0.5, 0.6) is 0 Å². The first-order chi connectivity index (χ1) is 37.9. The number of H-pyrrole nitrogens is 1. The van der Waals surface area contributed by atoms with Crippen LogP contribution in [-0.4, -0.2) is 154 Å². The first kappa shape index (κ1) is 58.4. The number of aromatic amines is 1. The summed E-state index contributed by atoms with van der Waals surface area (Å²) in [7, 11) is 0. The van der Waals surface area contributed by atoms with Crippen molar-refractivity contribution in [3.8, 4) is 0 Å². The highest BCUT2D eigenvalue weighted by Crippen LogP contribution is 2.27. The number of guanidine groups is 1. The van der Waals surface area contributed by atoms with Crippen molar-refractivity contribution in [1.82, 2.24) is 46.7 Å². The third-order valence-electron chi connectivity index (χ3n) is 14.8. The lowest BCUT2D eigenvalue weighted by molar-refractivity contribution is -0.148. The lowest BCUT2D eigenvalue weighted by atomic mass is 9.99. The number of likely N-dealkylation sites (tertiary alicyclic amines) is 2. The highest BCUT2D eigenvalue weighted by Gasteiger charge is 2.44. The topological polar surface area (TPSA) is 342 Å². The number of nitrogens with zero attached hydrogens (tertiary/aromatic N) is 4. The zero-order valence-corrected chi connectivity index (χ0v) is 44.8. The van der Waals surface area contributed by atoms with Crippen LogP contribution in [0.1, 0.15) is 108 Å². The fourth-order valence-corrected chi connectivity index (χ4v) is 10.7. The van der Waals surface area contributed by atoms with Gasteiger partial charge in [0, 0.05) is 94.1 Å². The third kappa shape index (κ3) is 16.2. The van der Waals surface area contributed by atoms with Crippen LogP contribution in [-0.2, 0) is 60.8 Å². The zero-order valence-electron chi connectivity index (χ0n) is 44.8. The summed E-state index contributed by atoms with van der Waals surface area (Å²) in [5.41, 5.74) is 13.8. The van der Waals surface area contributed by atoms with E-state index in [0.717, 1.165) is 10.9 Å². The number of nitrogens with two attached hydrogens (primary N) is 2. The van der Waals surface area contributed by atoms with E-state index in [0.29, 0.717) is 55.5 Å². The van der Waals surface area contributed by atoms with E-state index in [1.54, 1.807) is 48.8 Å². The minimum atomic E-state index is -1.53. The maximum absolute atomic E-state index is 15.1. The molecule has 3 fully saturated rings. The van der Waals surface area contributed by atoms with E-state index in [1.807, 2.05) is 24.3 Å². The van der Waals surface area contributed by atoms with Gasteiger partial charge >= 0.3 is 0 Å². The summed E-state index contributed by atoms with van der Waals surface area (Å²) < 4.78 is 0. The minimum absolute atomic E-state index is 0.0428. The standard InChI is InChI=1S/C56H73N13O10/c1-33(70)47-22-12-26-68(47)55(79)48-23-13-27-69(48)54(78)46-31-38(72)17-6-8-20-41(62-34(2)71)49(73)66-45(30-37-16-10-24-59-37)53(77)64-43(28-35-14-4-3-5-15-35)51(75)63-42(21-11-25-60-56(57)58)50(74)65-44(52(76)67-46)29-36-32-61-40-19-9-7-18-39(36)40/h3-5,7,9,14-16,18-19,24,32,41-48,61H,6,8,10-13,17,20-23,25-31H2,1-2H3,(H,62,71)(H,63,75)(H,64,77)(H,65,74)(H,66,73)(H,67,76)(H4,57,58,60)/t41-,42-,43+,44-,45-,46-,47-,48-/m0/s1. The number of para-hydroxylation sites is 1. The number of Topliss-reactive ketones (excluding diaryl/α,β-unsaturated/α-hetero) is 2. The second-order valence-electron chi connectivity index (χ2n) is 20.7. The number of nitrogens with one attached hydrogen (secondary N) is 7. The van der Waals surface area contributed by atoms with Gasteiger partial charge in [0.2, 0.25) is 47.3 Å². The Morgan fingerprint density at radius 2 is 1.30 bits per heavy atom. The summed E-state index contributed by atoms with van der Waals surface area (Å²) in [5.74, 6) is -6.35. The second-order valence-corrected chi connectivity index (χ2v) is 20.7. The molecule has 0 spiro atoms. The molecule has 79 heavy (non-hydrogen) atoms. The van der Waals surface area contributed by atoms with E-state index in [1.165, 1.54) is 23.6 Å². The Morgan fingerprint density at radius 3 is 1.99 bits per heavy atom. The monoisotopic (exact) mass is 1090 g/mol. The number of rotatable bonds is 14. The molecule has 3 aromatic rings. The van der Waals surface area contributed by atoms with Crippen LogP contribution in [0.25, 0.3) is 10.9 Å². The zero-order chi connectivity index (χ0) is 56.6. The van der Waals surface area contributed by atoms with E-state index in [2.05, 4.69) is 46.9 Å². The fraction of sp³-hybridized carbons (Fsp3) is 0.500. The quantitative estimate of drug-likeness (QED) is 0.0615. The summed E-state index contributed by atoms with van der Waals surface area (Å²) in [6.07, 6.45) is 7.12. The van der Waals surface area contributed by atoms with Crippen LogP contribution in [0.4, 0.5) is 0 Å². The molecule has 3 saturated heterocycles. The Kier molecular flexibility index (Phi) is 20.6. The molecular formula is C56H73N13O10. The molecule has 4 aliphatic heterocycles. The molecule has 8 amide bonds. The van der Waals surface area contributed by atoms with Gasteiger partial charge in [-0.3, -0.25) is 57.9 Å². The van der Waals surface area contributed by atoms with Crippen LogP contribution in [0.3, 0.4) is 0 Å². The molecule has 0 radical (unpaired) electrons. The van der Waals surface area contributed by atoms with Crippen molar-refractivity contribution in [2.75, 3.05) is 19.6 Å². The molecule has 422 valence electrons. The Hall–Kier alpha value is -8.24. The molecule has 0 unspecified atom stereocenters. The van der Waals surface area contributed by atoms with Gasteiger partial charge in [0.1, 0.15) is 48.1 Å². The smallest absolute Gasteiger partial charge is 0.246 e. The summed E-state index contributed by atoms with van der Waals surface area (Å²) in [6.45, 7) is 3.19. The van der Waals surface area contributed by atoms with E-state index in [9.17, 15) is 43.2 Å². The van der Waals surface area contributed by atoms with Gasteiger partial charge in [-0.05, 0) is 75.5 Å². The van der Waals surface area contributed by atoms with Gasteiger partial charge in [-0.1, -0.05) is 61.0 Å². The summed E-state index contributed by atoms with van der Waals surface area (Å²) >= 11 is 0. The lowest BCUT2D eigenvalue weighted by Gasteiger charge is -2.33. The van der Waals surface area contributed by atoms with Crippen molar-refractivity contribution in [2.45, 2.75) is 158 Å². The van der Waals surface area contributed by atoms with Crippen molar-refractivity contribution in [3.63, 3.8) is 0 Å². The number of hydrogen-bond donors (Lipinski definition) is 9. The van der Waals surface area contributed by atoms with Crippen LogP contribution < -0.4 is 43.4 Å². The predicted molar refractivity (Wildman–Crippen MR) is 293 cm³/mol. The number of hydrogen-bond acceptors (Lipinski definition) is 12. The maximum Gasteiger partial charge on any atom is 0.246 e. The van der Waals surface area contributed by atoms with Crippen LogP contribution >= 0.6 is 0 Å². The Morgan fingerprint density at radius 1 is 0.684 bits per heavy atom. The Balaban J connectivity index is 1.27. The molecule has 5 heterocycles. The highest BCUT2D eigenvalue weighted by molar-refractivity contribution is 6.00. The normalized spacial score (nSPS) is 25.0. The van der Waals surface area contributed by atoms with Gasteiger partial charge < -0.3 is 58.2 Å². The van der Waals surface area contributed by atoms with E-state index in [-0.39, 0.29) is 82.6 Å². The van der Waals surface area contributed by atoms with E-state index in [4.69, 9.17) is 11.5 Å². The maximum atomic E-state index is 15.1. The SMILES string of the molecule is CC(=O)N[C@H]1CCCCC(=O)C[C@@H](C(=O)N2CCC[C@H]2C(=O)N2CCC[C@H]2C(C)=O)NC(=O)[C@H](Cc2c[nH]c3ccccc23)NC(=O)[C@H](CCCN=C(N)N)NC(=O)[C@@H](Cc2ccccc2)NC(=O)[C@H](CC2=CCC=N2)NC1=O. The molecule has 4 aliphatic rings. The molecule has 2 aromatic carbocycles. The number of amides is 8. The molecule has 1 aromatic heterocycles. The summed E-state index contributed by atoms with van der Waals surface area (Å²) in [5, 5.41) is 17.4. The van der Waals surface area contributed by atoms with Crippen LogP contribution in [0.15, 0.2) is 82.6 Å². The van der Waals surface area contributed by atoms with Gasteiger partial charge in [0.15, 0.2) is 11.7 Å².